The highest BCUT2D eigenvalue weighted by Gasteiger charge is 2.32. The van der Waals surface area contributed by atoms with Gasteiger partial charge in [0.05, 0.1) is 12.2 Å². The van der Waals surface area contributed by atoms with Gasteiger partial charge in [0.1, 0.15) is 5.56 Å². The van der Waals surface area contributed by atoms with Crippen LogP contribution in [-0.4, -0.2) is 32.1 Å². The molecule has 6 nitrogen and oxygen atoms in total. The SMILES string of the molecule is Cn1cc(C2CCCN2C(=O)c2ccc(-c3ccccc3)[nH]c2=O)cn1. The van der Waals surface area contributed by atoms with Gasteiger partial charge in [0.25, 0.3) is 11.5 Å². The standard InChI is InChI=1S/C20H20N4O2/c1-23-13-15(12-21-23)18-8-5-11-24(18)20(26)16-9-10-17(22-19(16)25)14-6-3-2-4-7-14/h2-4,6-7,9-10,12-13,18H,5,8,11H2,1H3,(H,22,25). The van der Waals surface area contributed by atoms with Crippen LogP contribution in [0.25, 0.3) is 11.3 Å². The van der Waals surface area contributed by atoms with Crippen molar-refractivity contribution in [3.63, 3.8) is 0 Å². The summed E-state index contributed by atoms with van der Waals surface area (Å²) >= 11 is 0. The molecule has 26 heavy (non-hydrogen) atoms. The van der Waals surface area contributed by atoms with Gasteiger partial charge in [0, 0.05) is 31.0 Å². The molecular weight excluding hydrogens is 328 g/mol. The summed E-state index contributed by atoms with van der Waals surface area (Å²) in [6, 6.07) is 13.0. The van der Waals surface area contributed by atoms with Gasteiger partial charge in [0.2, 0.25) is 0 Å². The maximum atomic E-state index is 13.0. The normalized spacial score (nSPS) is 16.8. The number of H-pyrrole nitrogens is 1. The van der Waals surface area contributed by atoms with Crippen LogP contribution in [0.15, 0.2) is 59.7 Å². The number of rotatable bonds is 3. The van der Waals surface area contributed by atoms with Crippen LogP contribution in [0.3, 0.4) is 0 Å². The zero-order chi connectivity index (χ0) is 18.1. The van der Waals surface area contributed by atoms with Crippen LogP contribution in [0, 0.1) is 0 Å². The number of amides is 1. The Balaban J connectivity index is 1.63. The lowest BCUT2D eigenvalue weighted by Gasteiger charge is -2.23. The molecular formula is C20H20N4O2. The molecule has 3 heterocycles. The first-order valence-corrected chi connectivity index (χ1v) is 8.72. The van der Waals surface area contributed by atoms with Gasteiger partial charge in [-0.05, 0) is 30.5 Å². The Morgan fingerprint density at radius 3 is 2.69 bits per heavy atom. The summed E-state index contributed by atoms with van der Waals surface area (Å²) in [5.74, 6) is -0.225. The Hall–Kier alpha value is -3.15. The van der Waals surface area contributed by atoms with Crippen LogP contribution in [0.1, 0.15) is 34.8 Å². The van der Waals surface area contributed by atoms with Gasteiger partial charge in [-0.2, -0.15) is 5.10 Å². The number of aromatic amines is 1. The molecule has 0 spiro atoms. The first-order valence-electron chi connectivity index (χ1n) is 8.72. The second-order valence-electron chi connectivity index (χ2n) is 6.58. The minimum Gasteiger partial charge on any atom is -0.331 e. The van der Waals surface area contributed by atoms with E-state index in [0.29, 0.717) is 12.2 Å². The molecule has 1 atom stereocenters. The minimum atomic E-state index is -0.354. The van der Waals surface area contributed by atoms with E-state index in [0.717, 1.165) is 24.0 Å². The maximum absolute atomic E-state index is 13.0. The first kappa shape index (κ1) is 16.3. The second kappa shape index (κ2) is 6.63. The van der Waals surface area contributed by atoms with Crippen molar-refractivity contribution in [2.75, 3.05) is 6.54 Å². The second-order valence-corrected chi connectivity index (χ2v) is 6.58. The fourth-order valence-electron chi connectivity index (χ4n) is 3.55. The van der Waals surface area contributed by atoms with Gasteiger partial charge < -0.3 is 9.88 Å². The summed E-state index contributed by atoms with van der Waals surface area (Å²) < 4.78 is 1.73. The number of pyridine rings is 1. The van der Waals surface area contributed by atoms with Gasteiger partial charge in [-0.3, -0.25) is 14.3 Å². The molecule has 1 saturated heterocycles. The van der Waals surface area contributed by atoms with Gasteiger partial charge in [-0.25, -0.2) is 0 Å². The molecule has 1 fully saturated rings. The van der Waals surface area contributed by atoms with E-state index in [2.05, 4.69) is 10.1 Å². The summed E-state index contributed by atoms with van der Waals surface area (Å²) in [7, 11) is 1.86. The van der Waals surface area contributed by atoms with Crippen molar-refractivity contribution >= 4 is 5.91 Å². The summed E-state index contributed by atoms with van der Waals surface area (Å²) in [4.78, 5) is 30.1. The van der Waals surface area contributed by atoms with E-state index < -0.39 is 0 Å². The fraction of sp³-hybridized carbons (Fsp3) is 0.250. The fourth-order valence-corrected chi connectivity index (χ4v) is 3.55. The molecule has 132 valence electrons. The number of nitrogens with zero attached hydrogens (tertiary/aromatic N) is 3. The zero-order valence-electron chi connectivity index (χ0n) is 14.6. The van der Waals surface area contributed by atoms with Crippen molar-refractivity contribution in [2.45, 2.75) is 18.9 Å². The molecule has 0 radical (unpaired) electrons. The Labute approximate surface area is 151 Å². The van der Waals surface area contributed by atoms with Crippen LogP contribution in [0.2, 0.25) is 0 Å². The average molecular weight is 348 g/mol. The number of aryl methyl sites for hydroxylation is 1. The van der Waals surface area contributed by atoms with Gasteiger partial charge in [-0.1, -0.05) is 30.3 Å². The number of aromatic nitrogens is 3. The van der Waals surface area contributed by atoms with Crippen molar-refractivity contribution in [3.8, 4) is 11.3 Å². The van der Waals surface area contributed by atoms with Gasteiger partial charge in [-0.15, -0.1) is 0 Å². The quantitative estimate of drug-likeness (QED) is 0.791. The number of hydrogen-bond acceptors (Lipinski definition) is 3. The molecule has 1 unspecified atom stereocenters. The highest BCUT2D eigenvalue weighted by Crippen LogP contribution is 2.32. The van der Waals surface area contributed by atoms with E-state index in [1.54, 1.807) is 27.9 Å². The zero-order valence-corrected chi connectivity index (χ0v) is 14.6. The third kappa shape index (κ3) is 2.94. The van der Waals surface area contributed by atoms with Gasteiger partial charge >= 0.3 is 0 Å². The Bertz CT molecular complexity index is 990. The predicted octanol–water partition coefficient (Wildman–Crippen LogP) is 2.75. The Morgan fingerprint density at radius 1 is 1.19 bits per heavy atom. The van der Waals surface area contributed by atoms with Crippen LogP contribution in [0.5, 0.6) is 0 Å². The van der Waals surface area contributed by atoms with Crippen molar-refractivity contribution in [2.24, 2.45) is 7.05 Å². The average Bonchev–Trinajstić information content (AvgIpc) is 3.30. The number of benzene rings is 1. The highest BCUT2D eigenvalue weighted by atomic mass is 16.2. The monoisotopic (exact) mass is 348 g/mol. The van der Waals surface area contributed by atoms with E-state index in [1.165, 1.54) is 0 Å². The van der Waals surface area contributed by atoms with E-state index in [9.17, 15) is 9.59 Å². The molecule has 3 aromatic rings. The number of likely N-dealkylation sites (tertiary alicyclic amines) is 1. The van der Waals surface area contributed by atoms with E-state index in [4.69, 9.17) is 0 Å². The Morgan fingerprint density at radius 2 is 2.00 bits per heavy atom. The van der Waals surface area contributed by atoms with E-state index in [1.807, 2.05) is 43.6 Å². The van der Waals surface area contributed by atoms with Crippen molar-refractivity contribution in [3.05, 3.63) is 76.3 Å². The third-order valence-corrected chi connectivity index (χ3v) is 4.85. The van der Waals surface area contributed by atoms with Crippen LogP contribution >= 0.6 is 0 Å². The summed E-state index contributed by atoms with van der Waals surface area (Å²) in [5, 5.41) is 4.20. The van der Waals surface area contributed by atoms with Crippen molar-refractivity contribution in [1.82, 2.24) is 19.7 Å². The summed E-state index contributed by atoms with van der Waals surface area (Å²) in [6.45, 7) is 0.651. The molecule has 0 aliphatic carbocycles. The maximum Gasteiger partial charge on any atom is 0.261 e. The summed E-state index contributed by atoms with van der Waals surface area (Å²) in [5.41, 5.74) is 2.46. The third-order valence-electron chi connectivity index (χ3n) is 4.85. The molecule has 2 aromatic heterocycles. The topological polar surface area (TPSA) is 71.0 Å². The molecule has 0 saturated carbocycles. The number of hydrogen-bond donors (Lipinski definition) is 1. The molecule has 1 aromatic carbocycles. The molecule has 6 heteroatoms. The number of carbonyl (C=O) groups is 1. The lowest BCUT2D eigenvalue weighted by Crippen LogP contribution is -2.34. The van der Waals surface area contributed by atoms with Gasteiger partial charge in [0.15, 0.2) is 0 Å². The highest BCUT2D eigenvalue weighted by molar-refractivity contribution is 5.94. The first-order chi connectivity index (χ1) is 12.6. The van der Waals surface area contributed by atoms with Crippen molar-refractivity contribution < 1.29 is 4.79 Å². The molecule has 1 aliphatic rings. The molecule has 1 amide bonds. The molecule has 4 rings (SSSR count). The summed E-state index contributed by atoms with van der Waals surface area (Å²) in [6.07, 6.45) is 5.53. The Kier molecular flexibility index (Phi) is 4.16. The van der Waals surface area contributed by atoms with Crippen molar-refractivity contribution in [1.29, 1.82) is 0 Å². The lowest BCUT2D eigenvalue weighted by atomic mass is 10.1. The smallest absolute Gasteiger partial charge is 0.261 e. The van der Waals surface area contributed by atoms with E-state index >= 15 is 0 Å². The molecule has 0 bridgehead atoms. The molecule has 1 N–H and O–H groups in total. The van der Waals surface area contributed by atoms with E-state index in [-0.39, 0.29) is 23.1 Å². The van der Waals surface area contributed by atoms with Crippen LogP contribution in [-0.2, 0) is 7.05 Å². The number of carbonyl (C=O) groups excluding carboxylic acids is 1. The van der Waals surface area contributed by atoms with Crippen LogP contribution in [0.4, 0.5) is 0 Å². The number of nitrogens with one attached hydrogen (secondary N) is 1. The minimum absolute atomic E-state index is 0.0237. The lowest BCUT2D eigenvalue weighted by molar-refractivity contribution is 0.0734. The van der Waals surface area contributed by atoms with Crippen LogP contribution < -0.4 is 5.56 Å². The largest absolute Gasteiger partial charge is 0.331 e. The predicted molar refractivity (Wildman–Crippen MR) is 98.7 cm³/mol. The molecule has 1 aliphatic heterocycles.